The number of rotatable bonds is 4. The molecule has 0 radical (unpaired) electrons. The van der Waals surface area contributed by atoms with Gasteiger partial charge < -0.3 is 10.6 Å². The average molecular weight is 241 g/mol. The number of anilines is 1. The van der Waals surface area contributed by atoms with Crippen LogP contribution in [0.5, 0.6) is 0 Å². The van der Waals surface area contributed by atoms with Crippen molar-refractivity contribution in [1.29, 1.82) is 0 Å². The van der Waals surface area contributed by atoms with Gasteiger partial charge in [0.15, 0.2) is 0 Å². The molecule has 0 atom stereocenters. The van der Waals surface area contributed by atoms with Crippen LogP contribution in [0.2, 0.25) is 0 Å². The maximum absolute atomic E-state index is 5.76. The predicted octanol–water partition coefficient (Wildman–Crippen LogP) is 2.49. The maximum atomic E-state index is 5.76. The Bertz CT molecular complexity index is 523. The van der Waals surface area contributed by atoms with E-state index in [0.717, 1.165) is 12.2 Å². The van der Waals surface area contributed by atoms with Gasteiger partial charge in [0.25, 0.3) is 0 Å². The van der Waals surface area contributed by atoms with Crippen molar-refractivity contribution in [3.63, 3.8) is 0 Å². The van der Waals surface area contributed by atoms with E-state index in [2.05, 4.69) is 41.2 Å². The summed E-state index contributed by atoms with van der Waals surface area (Å²) >= 11 is 0. The molecule has 0 saturated heterocycles. The smallest absolute Gasteiger partial charge is 0.0429 e. The molecule has 18 heavy (non-hydrogen) atoms. The second-order valence-corrected chi connectivity index (χ2v) is 4.48. The summed E-state index contributed by atoms with van der Waals surface area (Å²) in [6.45, 7) is 3.45. The molecule has 2 rings (SSSR count). The van der Waals surface area contributed by atoms with Gasteiger partial charge in [-0.25, -0.2) is 0 Å². The Morgan fingerprint density at radius 2 is 1.89 bits per heavy atom. The summed E-state index contributed by atoms with van der Waals surface area (Å²) in [6.07, 6.45) is 1.84. The van der Waals surface area contributed by atoms with Gasteiger partial charge in [-0.05, 0) is 30.2 Å². The number of hydrogen-bond acceptors (Lipinski definition) is 3. The lowest BCUT2D eigenvalue weighted by molar-refractivity contribution is 0.892. The van der Waals surface area contributed by atoms with Crippen LogP contribution in [-0.4, -0.2) is 12.0 Å². The Hall–Kier alpha value is -1.87. The fourth-order valence-corrected chi connectivity index (χ4v) is 2.03. The fraction of sp³-hybridized carbons (Fsp3) is 0.267. The molecule has 0 unspecified atom stereocenters. The molecule has 0 saturated carbocycles. The van der Waals surface area contributed by atoms with E-state index < -0.39 is 0 Å². The monoisotopic (exact) mass is 241 g/mol. The van der Waals surface area contributed by atoms with Crippen LogP contribution >= 0.6 is 0 Å². The first-order chi connectivity index (χ1) is 8.70. The van der Waals surface area contributed by atoms with Gasteiger partial charge in [-0.15, -0.1) is 0 Å². The van der Waals surface area contributed by atoms with Gasteiger partial charge in [0.1, 0.15) is 0 Å². The van der Waals surface area contributed by atoms with E-state index in [9.17, 15) is 0 Å². The number of nitrogens with zero attached hydrogens (tertiary/aromatic N) is 2. The molecule has 94 valence electrons. The molecule has 0 amide bonds. The van der Waals surface area contributed by atoms with Crippen LogP contribution < -0.4 is 10.6 Å². The molecule has 2 N–H and O–H groups in total. The molecule has 0 spiro atoms. The predicted molar refractivity (Wildman–Crippen MR) is 75.4 cm³/mol. The van der Waals surface area contributed by atoms with Gasteiger partial charge in [-0.1, -0.05) is 24.3 Å². The van der Waals surface area contributed by atoms with E-state index >= 15 is 0 Å². The van der Waals surface area contributed by atoms with Crippen molar-refractivity contribution >= 4 is 5.69 Å². The number of benzene rings is 1. The van der Waals surface area contributed by atoms with Gasteiger partial charge in [-0.3, -0.25) is 4.98 Å². The van der Waals surface area contributed by atoms with Crippen LogP contribution in [0.3, 0.4) is 0 Å². The summed E-state index contributed by atoms with van der Waals surface area (Å²) < 4.78 is 0. The first-order valence-electron chi connectivity index (χ1n) is 6.11. The van der Waals surface area contributed by atoms with Gasteiger partial charge >= 0.3 is 0 Å². The number of nitrogens with two attached hydrogens (primary N) is 1. The summed E-state index contributed by atoms with van der Waals surface area (Å²) in [6, 6.07) is 12.4. The molecule has 1 aromatic carbocycles. The van der Waals surface area contributed by atoms with Gasteiger partial charge in [0, 0.05) is 37.7 Å². The summed E-state index contributed by atoms with van der Waals surface area (Å²) in [5, 5.41) is 0. The highest BCUT2D eigenvalue weighted by atomic mass is 15.1. The zero-order chi connectivity index (χ0) is 13.0. The third-order valence-corrected chi connectivity index (χ3v) is 3.07. The SMILES string of the molecule is Cc1cc(N(C)Cc2ccccc2CN)ccn1. The van der Waals surface area contributed by atoms with Crippen LogP contribution in [0.4, 0.5) is 5.69 Å². The van der Waals surface area contributed by atoms with Gasteiger partial charge in [0.2, 0.25) is 0 Å². The zero-order valence-electron chi connectivity index (χ0n) is 10.9. The van der Waals surface area contributed by atoms with Crippen LogP contribution in [0, 0.1) is 6.92 Å². The minimum Gasteiger partial charge on any atom is -0.370 e. The van der Waals surface area contributed by atoms with Crippen molar-refractivity contribution in [3.8, 4) is 0 Å². The lowest BCUT2D eigenvalue weighted by atomic mass is 10.1. The molecule has 0 fully saturated rings. The average Bonchev–Trinajstić information content (AvgIpc) is 2.39. The van der Waals surface area contributed by atoms with Crippen molar-refractivity contribution in [2.75, 3.05) is 11.9 Å². The van der Waals surface area contributed by atoms with Crippen LogP contribution in [0.25, 0.3) is 0 Å². The molecule has 2 aromatic rings. The van der Waals surface area contributed by atoms with Crippen LogP contribution in [0.15, 0.2) is 42.6 Å². The molecule has 0 aliphatic carbocycles. The zero-order valence-corrected chi connectivity index (χ0v) is 10.9. The van der Waals surface area contributed by atoms with E-state index in [1.165, 1.54) is 16.8 Å². The van der Waals surface area contributed by atoms with Crippen molar-refractivity contribution < 1.29 is 0 Å². The highest BCUT2D eigenvalue weighted by molar-refractivity contribution is 5.46. The van der Waals surface area contributed by atoms with Crippen LogP contribution in [0.1, 0.15) is 16.8 Å². The largest absolute Gasteiger partial charge is 0.370 e. The lowest BCUT2D eigenvalue weighted by Gasteiger charge is -2.21. The minimum atomic E-state index is 0.583. The number of pyridine rings is 1. The van der Waals surface area contributed by atoms with Crippen molar-refractivity contribution in [2.45, 2.75) is 20.0 Å². The third-order valence-electron chi connectivity index (χ3n) is 3.07. The van der Waals surface area contributed by atoms with Crippen molar-refractivity contribution in [2.24, 2.45) is 5.73 Å². The van der Waals surface area contributed by atoms with Gasteiger partial charge in [-0.2, -0.15) is 0 Å². The highest BCUT2D eigenvalue weighted by Gasteiger charge is 2.05. The van der Waals surface area contributed by atoms with E-state index in [1.807, 2.05) is 25.3 Å². The summed E-state index contributed by atoms with van der Waals surface area (Å²) in [4.78, 5) is 6.43. The van der Waals surface area contributed by atoms with Gasteiger partial charge in [0.05, 0.1) is 0 Å². The van der Waals surface area contributed by atoms with Crippen molar-refractivity contribution in [3.05, 3.63) is 59.4 Å². The summed E-state index contributed by atoms with van der Waals surface area (Å²) in [5.41, 5.74) is 10.4. The minimum absolute atomic E-state index is 0.583. The Balaban J connectivity index is 2.18. The van der Waals surface area contributed by atoms with E-state index in [1.54, 1.807) is 0 Å². The third kappa shape index (κ3) is 2.87. The molecule has 0 bridgehead atoms. The van der Waals surface area contributed by atoms with E-state index in [4.69, 9.17) is 5.73 Å². The Labute approximate surface area is 108 Å². The standard InChI is InChI=1S/C15H19N3/c1-12-9-15(7-8-17-12)18(2)11-14-6-4-3-5-13(14)10-16/h3-9H,10-11,16H2,1-2H3. The number of hydrogen-bond donors (Lipinski definition) is 1. The summed E-state index contributed by atoms with van der Waals surface area (Å²) in [5.74, 6) is 0. The number of aryl methyl sites for hydroxylation is 1. The van der Waals surface area contributed by atoms with Crippen LogP contribution in [-0.2, 0) is 13.1 Å². The molecule has 3 heteroatoms. The molecule has 1 aromatic heterocycles. The molecule has 0 aliphatic heterocycles. The van der Waals surface area contributed by atoms with E-state index in [-0.39, 0.29) is 0 Å². The molecular weight excluding hydrogens is 222 g/mol. The Morgan fingerprint density at radius 1 is 1.17 bits per heavy atom. The topological polar surface area (TPSA) is 42.1 Å². The first-order valence-corrected chi connectivity index (χ1v) is 6.11. The van der Waals surface area contributed by atoms with E-state index in [0.29, 0.717) is 6.54 Å². The van der Waals surface area contributed by atoms with Crippen molar-refractivity contribution in [1.82, 2.24) is 4.98 Å². The lowest BCUT2D eigenvalue weighted by Crippen LogP contribution is -2.18. The first kappa shape index (κ1) is 12.6. The molecular formula is C15H19N3. The fourth-order valence-electron chi connectivity index (χ4n) is 2.03. The summed E-state index contributed by atoms with van der Waals surface area (Å²) in [7, 11) is 2.09. The second-order valence-electron chi connectivity index (χ2n) is 4.48. The number of aromatic nitrogens is 1. The quantitative estimate of drug-likeness (QED) is 0.894. The molecule has 0 aliphatic rings. The Kier molecular flexibility index (Phi) is 3.95. The highest BCUT2D eigenvalue weighted by Crippen LogP contribution is 2.17. The maximum Gasteiger partial charge on any atom is 0.0429 e. The molecule has 3 nitrogen and oxygen atoms in total. The normalized spacial score (nSPS) is 10.4. The Morgan fingerprint density at radius 3 is 2.56 bits per heavy atom. The second kappa shape index (κ2) is 5.65. The molecule has 1 heterocycles.